The second-order valence-electron chi connectivity index (χ2n) is 9.52. The molecule has 0 saturated heterocycles. The number of hydrogen-bond donors (Lipinski definition) is 0. The van der Waals surface area contributed by atoms with Crippen LogP contribution < -0.4 is 24.5 Å². The Bertz CT molecular complexity index is 1550. The van der Waals surface area contributed by atoms with Crippen LogP contribution in [0.25, 0.3) is 21.8 Å². The lowest BCUT2D eigenvalue weighted by molar-refractivity contribution is -0.140. The summed E-state index contributed by atoms with van der Waals surface area (Å²) in [6, 6.07) is 8.66. The number of halogens is 1. The van der Waals surface area contributed by atoms with Gasteiger partial charge in [-0.1, -0.05) is 29.2 Å². The number of rotatable bonds is 7. The highest BCUT2D eigenvalue weighted by molar-refractivity contribution is 6.37. The summed E-state index contributed by atoms with van der Waals surface area (Å²) in [6.45, 7) is 2.17. The molecule has 2 aromatic heterocycles. The molecule has 1 saturated carbocycles. The first-order valence-electron chi connectivity index (χ1n) is 12.4. The summed E-state index contributed by atoms with van der Waals surface area (Å²) in [4.78, 5) is 26.7. The highest BCUT2D eigenvalue weighted by Gasteiger charge is 2.31. The third-order valence-electron chi connectivity index (χ3n) is 7.25. The molecule has 1 fully saturated rings. The van der Waals surface area contributed by atoms with Crippen LogP contribution in [0.2, 0.25) is 5.02 Å². The Morgan fingerprint density at radius 1 is 1.11 bits per heavy atom. The average Bonchev–Trinajstić information content (AvgIpc) is 3.31. The molecule has 5 rings (SSSR count). The number of carbonyl (C=O) groups excluding carboxylic acids is 1. The van der Waals surface area contributed by atoms with Crippen molar-refractivity contribution in [1.82, 2.24) is 9.72 Å². The Hall–Kier alpha value is -3.72. The van der Waals surface area contributed by atoms with E-state index in [1.807, 2.05) is 12.1 Å². The van der Waals surface area contributed by atoms with E-state index in [0.717, 1.165) is 12.8 Å². The molecule has 2 unspecified atom stereocenters. The van der Waals surface area contributed by atoms with Crippen molar-refractivity contribution in [1.29, 1.82) is 0 Å². The minimum absolute atomic E-state index is 0.0961. The predicted octanol–water partition coefficient (Wildman–Crippen LogP) is 5.54. The lowest BCUT2D eigenvalue weighted by Gasteiger charge is -2.28. The van der Waals surface area contributed by atoms with Crippen LogP contribution in [0.5, 0.6) is 23.0 Å². The van der Waals surface area contributed by atoms with E-state index in [1.54, 1.807) is 29.7 Å². The molecule has 200 valence electrons. The molecule has 0 amide bonds. The number of carbonyl (C=O) groups is 1. The van der Waals surface area contributed by atoms with Crippen LogP contribution in [0.15, 0.2) is 39.6 Å². The van der Waals surface area contributed by atoms with Gasteiger partial charge < -0.3 is 28.0 Å². The summed E-state index contributed by atoms with van der Waals surface area (Å²) in [6.07, 6.45) is 3.05. The Morgan fingerprint density at radius 3 is 2.53 bits per heavy atom. The summed E-state index contributed by atoms with van der Waals surface area (Å²) in [5.74, 6) is 1.46. The second kappa shape index (κ2) is 10.6. The van der Waals surface area contributed by atoms with Gasteiger partial charge in [-0.05, 0) is 44.2 Å². The normalized spacial score (nSPS) is 17.5. The van der Waals surface area contributed by atoms with Crippen LogP contribution in [0, 0.1) is 18.8 Å². The number of esters is 1. The molecule has 2 heterocycles. The highest BCUT2D eigenvalue weighted by Crippen LogP contribution is 2.41. The van der Waals surface area contributed by atoms with Gasteiger partial charge in [-0.25, -0.2) is 0 Å². The van der Waals surface area contributed by atoms with Gasteiger partial charge in [-0.2, -0.15) is 0 Å². The highest BCUT2D eigenvalue weighted by atomic mass is 35.5. The third-order valence-corrected chi connectivity index (χ3v) is 7.57. The molecule has 0 radical (unpaired) electrons. The van der Waals surface area contributed by atoms with Crippen LogP contribution in [-0.2, 0) is 11.3 Å². The lowest BCUT2D eigenvalue weighted by atomic mass is 9.81. The van der Waals surface area contributed by atoms with Gasteiger partial charge >= 0.3 is 5.97 Å². The van der Waals surface area contributed by atoms with Gasteiger partial charge in [-0.15, -0.1) is 0 Å². The number of ether oxygens (including phenoxy) is 4. The molecule has 0 bridgehead atoms. The molecule has 0 N–H and O–H groups in total. The van der Waals surface area contributed by atoms with Crippen molar-refractivity contribution in [2.45, 2.75) is 39.2 Å². The zero-order valence-electron chi connectivity index (χ0n) is 21.7. The first-order valence-corrected chi connectivity index (χ1v) is 12.8. The van der Waals surface area contributed by atoms with Crippen LogP contribution in [-0.4, -0.2) is 37.0 Å². The fraction of sp³-hybridized carbons (Fsp3) is 0.393. The topological polar surface area (TPSA) is 102 Å². The van der Waals surface area contributed by atoms with Gasteiger partial charge in [0.05, 0.1) is 37.8 Å². The van der Waals surface area contributed by atoms with Crippen LogP contribution in [0.1, 0.15) is 31.4 Å². The van der Waals surface area contributed by atoms with Crippen molar-refractivity contribution in [2.75, 3.05) is 21.3 Å². The second-order valence-corrected chi connectivity index (χ2v) is 9.93. The number of benzene rings is 2. The van der Waals surface area contributed by atoms with Crippen molar-refractivity contribution >= 4 is 39.4 Å². The van der Waals surface area contributed by atoms with E-state index in [1.165, 1.54) is 21.3 Å². The van der Waals surface area contributed by atoms with Crippen molar-refractivity contribution in [3.05, 3.63) is 51.5 Å². The van der Waals surface area contributed by atoms with E-state index in [9.17, 15) is 9.59 Å². The molecule has 10 heteroatoms. The van der Waals surface area contributed by atoms with E-state index in [0.29, 0.717) is 75.0 Å². The third kappa shape index (κ3) is 4.55. The van der Waals surface area contributed by atoms with E-state index in [2.05, 4.69) is 5.16 Å². The van der Waals surface area contributed by atoms with E-state index in [-0.39, 0.29) is 23.4 Å². The fourth-order valence-electron chi connectivity index (χ4n) is 5.44. The van der Waals surface area contributed by atoms with Gasteiger partial charge in [0.25, 0.3) is 5.56 Å². The Labute approximate surface area is 224 Å². The van der Waals surface area contributed by atoms with Crippen molar-refractivity contribution in [3.63, 3.8) is 0 Å². The van der Waals surface area contributed by atoms with Crippen molar-refractivity contribution in [3.8, 4) is 23.0 Å². The fourth-order valence-corrected chi connectivity index (χ4v) is 5.70. The molecule has 1 aliphatic carbocycles. The molecule has 2 atom stereocenters. The van der Waals surface area contributed by atoms with Crippen LogP contribution in [0.4, 0.5) is 0 Å². The van der Waals surface area contributed by atoms with Crippen molar-refractivity contribution < 1.29 is 28.3 Å². The SMILES string of the molecule is COc1cc(OC(=O)C2CCCC(Cn3c(=O)c4c(C)onc4c4c(Cl)cccc43)C2)cc(OC)c1OC. The Balaban J connectivity index is 1.40. The van der Waals surface area contributed by atoms with Crippen LogP contribution >= 0.6 is 11.6 Å². The number of pyridine rings is 1. The Kier molecular flexibility index (Phi) is 7.21. The van der Waals surface area contributed by atoms with Gasteiger partial charge in [-0.3, -0.25) is 9.59 Å². The standard InChI is InChI=1S/C28H29ClN2O7/c1-15-23-25(30-38-15)24-19(29)9-6-10-20(24)31(27(23)32)14-16-7-5-8-17(11-16)28(33)37-18-12-21(34-2)26(36-4)22(13-18)35-3/h6,9-10,12-13,16-17H,5,7-8,11,14H2,1-4H3. The zero-order chi connectivity index (χ0) is 27.0. The summed E-state index contributed by atoms with van der Waals surface area (Å²) >= 11 is 6.53. The largest absolute Gasteiger partial charge is 0.493 e. The molecule has 0 spiro atoms. The number of methoxy groups -OCH3 is 3. The average molecular weight is 541 g/mol. The van der Waals surface area contributed by atoms with Gasteiger partial charge in [0.15, 0.2) is 11.5 Å². The molecule has 9 nitrogen and oxygen atoms in total. The van der Waals surface area contributed by atoms with E-state index >= 15 is 0 Å². The van der Waals surface area contributed by atoms with Gasteiger partial charge in [0.1, 0.15) is 22.4 Å². The Morgan fingerprint density at radius 2 is 1.84 bits per heavy atom. The molecular weight excluding hydrogens is 512 g/mol. The van der Waals surface area contributed by atoms with Gasteiger partial charge in [0, 0.05) is 24.1 Å². The molecule has 1 aliphatic rings. The van der Waals surface area contributed by atoms with Crippen LogP contribution in [0.3, 0.4) is 0 Å². The maximum absolute atomic E-state index is 13.5. The zero-order valence-corrected chi connectivity index (χ0v) is 22.5. The van der Waals surface area contributed by atoms with E-state index < -0.39 is 0 Å². The minimum Gasteiger partial charge on any atom is -0.493 e. The minimum atomic E-state index is -0.324. The number of nitrogens with zero attached hydrogens (tertiary/aromatic N) is 2. The quantitative estimate of drug-likeness (QED) is 0.222. The molecule has 0 aliphatic heterocycles. The van der Waals surface area contributed by atoms with Gasteiger partial charge in [0.2, 0.25) is 5.75 Å². The molecule has 38 heavy (non-hydrogen) atoms. The number of aromatic nitrogens is 2. The molecule has 2 aromatic carbocycles. The number of hydrogen-bond acceptors (Lipinski definition) is 8. The smallest absolute Gasteiger partial charge is 0.314 e. The number of fused-ring (bicyclic) bond motifs is 3. The summed E-state index contributed by atoms with van der Waals surface area (Å²) < 4.78 is 28.9. The molecule has 4 aromatic rings. The first kappa shape index (κ1) is 25.9. The first-order chi connectivity index (χ1) is 18.4. The lowest BCUT2D eigenvalue weighted by Crippen LogP contribution is -2.31. The maximum Gasteiger partial charge on any atom is 0.314 e. The maximum atomic E-state index is 13.5. The summed E-state index contributed by atoms with van der Waals surface area (Å²) in [7, 11) is 4.52. The summed E-state index contributed by atoms with van der Waals surface area (Å²) in [5, 5.41) is 5.73. The predicted molar refractivity (Wildman–Crippen MR) is 143 cm³/mol. The van der Waals surface area contributed by atoms with Crippen molar-refractivity contribution in [2.24, 2.45) is 11.8 Å². The molecular formula is C28H29ClN2O7. The monoisotopic (exact) mass is 540 g/mol. The van der Waals surface area contributed by atoms with E-state index in [4.69, 9.17) is 35.1 Å². The number of aryl methyl sites for hydroxylation is 1. The summed E-state index contributed by atoms with van der Waals surface area (Å²) in [5.41, 5.74) is 1.00.